The van der Waals surface area contributed by atoms with Crippen LogP contribution < -0.4 is 5.32 Å². The highest BCUT2D eigenvalue weighted by Gasteiger charge is 2.68. The first-order valence-corrected chi connectivity index (χ1v) is 15.9. The summed E-state index contributed by atoms with van der Waals surface area (Å²) >= 11 is 0. The summed E-state index contributed by atoms with van der Waals surface area (Å²) in [7, 11) is 0.164. The first-order valence-electron chi connectivity index (χ1n) is 13.0. The van der Waals surface area contributed by atoms with Crippen LogP contribution in [0.25, 0.3) is 0 Å². The van der Waals surface area contributed by atoms with E-state index in [0.717, 1.165) is 32.2 Å². The predicted molar refractivity (Wildman–Crippen MR) is 132 cm³/mol. The van der Waals surface area contributed by atoms with E-state index in [2.05, 4.69) is 58.3 Å². The van der Waals surface area contributed by atoms with Gasteiger partial charge in [-0.25, -0.2) is 0 Å². The van der Waals surface area contributed by atoms with Crippen molar-refractivity contribution in [2.24, 2.45) is 17.3 Å². The molecule has 0 unspecified atom stereocenters. The Morgan fingerprint density at radius 3 is 2.66 bits per heavy atom. The lowest BCUT2D eigenvalue weighted by atomic mass is 9.58. The van der Waals surface area contributed by atoms with Crippen LogP contribution in [0.1, 0.15) is 72.6 Å². The smallest absolute Gasteiger partial charge is 0.192 e. The van der Waals surface area contributed by atoms with E-state index in [1.54, 1.807) is 0 Å². The van der Waals surface area contributed by atoms with Gasteiger partial charge in [0.15, 0.2) is 8.32 Å². The van der Waals surface area contributed by atoms with E-state index in [9.17, 15) is 5.11 Å². The van der Waals surface area contributed by atoms with Gasteiger partial charge in [-0.1, -0.05) is 33.8 Å². The second kappa shape index (κ2) is 7.27. The Balaban J connectivity index is 1.47. The highest BCUT2D eigenvalue weighted by Crippen LogP contribution is 2.68. The Labute approximate surface area is 196 Å². The lowest BCUT2D eigenvalue weighted by Crippen LogP contribution is -2.57. The van der Waals surface area contributed by atoms with Crippen LogP contribution in [0.3, 0.4) is 0 Å². The fourth-order valence-corrected chi connectivity index (χ4v) is 9.13. The molecule has 3 fully saturated rings. The van der Waals surface area contributed by atoms with Gasteiger partial charge in [0.2, 0.25) is 0 Å². The summed E-state index contributed by atoms with van der Waals surface area (Å²) in [6, 6.07) is 0. The van der Waals surface area contributed by atoms with Crippen LogP contribution in [-0.2, 0) is 9.16 Å². The Kier molecular flexibility index (Phi) is 5.29. The van der Waals surface area contributed by atoms with Gasteiger partial charge in [-0.15, -0.1) is 0 Å². The van der Waals surface area contributed by atoms with Gasteiger partial charge in [-0.3, -0.25) is 0 Å². The minimum atomic E-state index is -1.82. The van der Waals surface area contributed by atoms with E-state index in [1.807, 2.05) is 7.05 Å². The van der Waals surface area contributed by atoms with Crippen molar-refractivity contribution in [1.29, 1.82) is 0 Å². The molecular formula is C27H45NO3Si. The number of hydrogen-bond acceptors (Lipinski definition) is 4. The average Bonchev–Trinajstić information content (AvgIpc) is 3.18. The van der Waals surface area contributed by atoms with Gasteiger partial charge in [0.1, 0.15) is 0 Å². The lowest BCUT2D eigenvalue weighted by molar-refractivity contribution is -0.155. The van der Waals surface area contributed by atoms with Crippen LogP contribution in [0.15, 0.2) is 23.3 Å². The molecule has 0 radical (unpaired) electrons. The molecule has 180 valence electrons. The molecule has 0 aromatic carbocycles. The fourth-order valence-electron chi connectivity index (χ4n) is 7.68. The minimum Gasteiger partial charge on any atom is -0.413 e. The number of rotatable bonds is 4. The Bertz CT molecular complexity index is 844. The van der Waals surface area contributed by atoms with Gasteiger partial charge in [0.25, 0.3) is 0 Å². The monoisotopic (exact) mass is 459 g/mol. The number of aliphatic hydroxyl groups excluding tert-OH is 1. The predicted octanol–water partition coefficient (Wildman–Crippen LogP) is 5.34. The van der Waals surface area contributed by atoms with Crippen LogP contribution in [0.4, 0.5) is 0 Å². The highest BCUT2D eigenvalue weighted by atomic mass is 28.4. The molecule has 2 saturated carbocycles. The molecule has 2 heterocycles. The van der Waals surface area contributed by atoms with E-state index in [0.29, 0.717) is 12.0 Å². The molecule has 5 heteroatoms. The molecule has 0 aromatic rings. The Morgan fingerprint density at radius 1 is 1.22 bits per heavy atom. The van der Waals surface area contributed by atoms with Crippen molar-refractivity contribution in [2.45, 2.75) is 114 Å². The molecule has 7 atom stereocenters. The Hall–Kier alpha value is -0.463. The van der Waals surface area contributed by atoms with Crippen molar-refractivity contribution >= 4 is 8.32 Å². The normalized spacial score (nSPS) is 45.6. The summed E-state index contributed by atoms with van der Waals surface area (Å²) in [5, 5.41) is 14.3. The van der Waals surface area contributed by atoms with Gasteiger partial charge in [-0.05, 0) is 98.7 Å². The zero-order valence-electron chi connectivity index (χ0n) is 21.4. The number of fused-ring (bicyclic) bond motifs is 1. The number of nitrogens with one attached hydrogen (secondary N) is 1. The molecule has 32 heavy (non-hydrogen) atoms. The second-order valence-corrected chi connectivity index (χ2v) is 18.0. The SMILES string of the molecule is CNC[C@H]1C[C@@]23CC[C@@]4(O2)C(=CC3=C[C@@H]1O)CC[C@]1(C)[C@@H](O[Si](C)(C)C(C)(C)C)CC[C@H]14. The molecule has 1 saturated heterocycles. The van der Waals surface area contributed by atoms with E-state index in [-0.39, 0.29) is 33.7 Å². The van der Waals surface area contributed by atoms with Gasteiger partial charge >= 0.3 is 0 Å². The summed E-state index contributed by atoms with van der Waals surface area (Å²) in [6.07, 6.45) is 12.4. The first kappa shape index (κ1) is 23.3. The van der Waals surface area contributed by atoms with Crippen LogP contribution in [0.5, 0.6) is 0 Å². The van der Waals surface area contributed by atoms with Crippen molar-refractivity contribution in [3.63, 3.8) is 0 Å². The summed E-state index contributed by atoms with van der Waals surface area (Å²) in [5.74, 6) is 0.766. The van der Waals surface area contributed by atoms with Gasteiger partial charge in [0.05, 0.1) is 23.4 Å². The van der Waals surface area contributed by atoms with E-state index < -0.39 is 8.32 Å². The lowest BCUT2D eigenvalue weighted by Gasteiger charge is -2.56. The number of aliphatic hydroxyl groups is 1. The molecule has 4 nitrogen and oxygen atoms in total. The van der Waals surface area contributed by atoms with Gasteiger partial charge in [0, 0.05) is 12.5 Å². The molecule has 5 aliphatic rings. The third-order valence-electron chi connectivity index (χ3n) is 10.6. The van der Waals surface area contributed by atoms with E-state index in [1.165, 1.54) is 30.4 Å². The van der Waals surface area contributed by atoms with Crippen LogP contribution in [-0.4, -0.2) is 50.4 Å². The molecule has 0 amide bonds. The quantitative estimate of drug-likeness (QED) is 0.557. The first-order chi connectivity index (χ1) is 14.9. The van der Waals surface area contributed by atoms with E-state index >= 15 is 0 Å². The third-order valence-corrected chi connectivity index (χ3v) is 15.0. The summed E-state index contributed by atoms with van der Waals surface area (Å²) in [6.45, 7) is 15.2. The van der Waals surface area contributed by atoms with Crippen LogP contribution in [0, 0.1) is 17.3 Å². The molecule has 0 aromatic heterocycles. The highest BCUT2D eigenvalue weighted by molar-refractivity contribution is 6.74. The molecule has 3 aliphatic carbocycles. The number of ether oxygens (including phenoxy) is 1. The molecule has 2 spiro atoms. The zero-order chi connectivity index (χ0) is 23.2. The molecule has 2 aliphatic heterocycles. The summed E-state index contributed by atoms with van der Waals surface area (Å²) < 4.78 is 14.4. The van der Waals surface area contributed by atoms with Crippen molar-refractivity contribution < 1.29 is 14.3 Å². The van der Waals surface area contributed by atoms with Gasteiger partial charge < -0.3 is 19.6 Å². The maximum atomic E-state index is 10.7. The van der Waals surface area contributed by atoms with Crippen LogP contribution >= 0.6 is 0 Å². The fraction of sp³-hybridized carbons (Fsp3) is 0.852. The summed E-state index contributed by atoms with van der Waals surface area (Å²) in [5.41, 5.74) is 2.66. The van der Waals surface area contributed by atoms with Crippen molar-refractivity contribution in [3.8, 4) is 0 Å². The third kappa shape index (κ3) is 3.14. The molecule has 5 rings (SSSR count). The molecule has 2 bridgehead atoms. The van der Waals surface area contributed by atoms with E-state index in [4.69, 9.17) is 9.16 Å². The Morgan fingerprint density at radius 2 is 1.97 bits per heavy atom. The summed E-state index contributed by atoms with van der Waals surface area (Å²) in [4.78, 5) is 0. The molecule has 2 N–H and O–H groups in total. The zero-order valence-corrected chi connectivity index (χ0v) is 22.4. The van der Waals surface area contributed by atoms with Crippen molar-refractivity contribution in [3.05, 3.63) is 23.3 Å². The van der Waals surface area contributed by atoms with Crippen molar-refractivity contribution in [2.75, 3.05) is 13.6 Å². The topological polar surface area (TPSA) is 50.7 Å². The molecular weight excluding hydrogens is 414 g/mol. The second-order valence-electron chi connectivity index (χ2n) is 13.3. The van der Waals surface area contributed by atoms with Crippen molar-refractivity contribution in [1.82, 2.24) is 5.32 Å². The van der Waals surface area contributed by atoms with Crippen LogP contribution in [0.2, 0.25) is 18.1 Å². The maximum absolute atomic E-state index is 10.7. The number of hydrogen-bond donors (Lipinski definition) is 2. The van der Waals surface area contributed by atoms with Gasteiger partial charge in [-0.2, -0.15) is 0 Å². The maximum Gasteiger partial charge on any atom is 0.192 e. The minimum absolute atomic E-state index is 0.109. The standard InChI is InChI=1S/C27H45NO3Si/c1-24(2,3)32(6,7)30-23-9-8-22-25(23,4)11-10-19-14-20-15-21(29)18(17-28-5)16-26(20)12-13-27(19,22)31-26/h14-15,18,21-23,28-29H,8-13,16-17H2,1-7H3/t18-,21+,22-,23+,25+,26-,27-/m1/s1. The average molecular weight is 460 g/mol. The largest absolute Gasteiger partial charge is 0.413 e.